The van der Waals surface area contributed by atoms with Gasteiger partial charge in [0.15, 0.2) is 0 Å². The van der Waals surface area contributed by atoms with Gasteiger partial charge in [0.05, 0.1) is 5.69 Å². The van der Waals surface area contributed by atoms with Crippen molar-refractivity contribution in [2.45, 2.75) is 30.4 Å². The molecule has 3 amide bonds. The van der Waals surface area contributed by atoms with Crippen molar-refractivity contribution in [1.29, 1.82) is 0 Å². The Bertz CT molecular complexity index is 899. The fourth-order valence-corrected chi connectivity index (χ4v) is 4.76. The Labute approximate surface area is 163 Å². The number of hydrogen-bond donors (Lipinski definition) is 1. The first-order chi connectivity index (χ1) is 13.0. The number of nitrogens with zero attached hydrogens (tertiary/aromatic N) is 2. The first kappa shape index (κ1) is 17.9. The van der Waals surface area contributed by atoms with Crippen LogP contribution in [-0.4, -0.2) is 36.8 Å². The summed E-state index contributed by atoms with van der Waals surface area (Å²) in [6, 6.07) is 13.6. The number of aryl methyl sites for hydroxylation is 1. The predicted molar refractivity (Wildman–Crippen MR) is 110 cm³/mol. The maximum atomic E-state index is 13.3. The topological polar surface area (TPSA) is 52.7 Å². The molecule has 5 nitrogen and oxygen atoms in total. The third kappa shape index (κ3) is 3.41. The molecule has 2 heterocycles. The summed E-state index contributed by atoms with van der Waals surface area (Å²) in [5.41, 5.74) is 3.44. The Morgan fingerprint density at radius 3 is 2.70 bits per heavy atom. The summed E-state index contributed by atoms with van der Waals surface area (Å²) in [5.74, 6) is 0.0117. The number of urea groups is 1. The number of anilines is 2. The lowest BCUT2D eigenvalue weighted by atomic mass is 10.1. The summed E-state index contributed by atoms with van der Waals surface area (Å²) in [6.07, 6.45) is 0.954. The molecule has 2 aliphatic rings. The molecule has 4 rings (SSSR count). The fraction of sp³-hybridized carbons (Fsp3) is 0.333. The highest BCUT2D eigenvalue weighted by atomic mass is 32.2. The fourth-order valence-electron chi connectivity index (χ4n) is 3.65. The minimum Gasteiger partial charge on any atom is -0.336 e. The lowest BCUT2D eigenvalue weighted by Gasteiger charge is -2.24. The Kier molecular flexibility index (Phi) is 4.83. The van der Waals surface area contributed by atoms with E-state index in [9.17, 15) is 9.59 Å². The van der Waals surface area contributed by atoms with E-state index in [0.717, 1.165) is 28.3 Å². The lowest BCUT2D eigenvalue weighted by molar-refractivity contribution is 0.0986. The summed E-state index contributed by atoms with van der Waals surface area (Å²) in [5, 5.41) is 3.29. The van der Waals surface area contributed by atoms with Crippen LogP contribution in [0.4, 0.5) is 16.2 Å². The molecule has 2 aromatic carbocycles. The zero-order valence-corrected chi connectivity index (χ0v) is 16.4. The van der Waals surface area contributed by atoms with Gasteiger partial charge in [0, 0.05) is 41.0 Å². The van der Waals surface area contributed by atoms with Gasteiger partial charge in [-0.25, -0.2) is 4.79 Å². The molecule has 1 saturated heterocycles. The molecule has 0 saturated carbocycles. The highest BCUT2D eigenvalue weighted by molar-refractivity contribution is 8.00. The largest absolute Gasteiger partial charge is 0.336 e. The average molecular weight is 382 g/mol. The van der Waals surface area contributed by atoms with Crippen LogP contribution in [0, 0.1) is 6.92 Å². The van der Waals surface area contributed by atoms with Gasteiger partial charge in [-0.1, -0.05) is 19.1 Å². The van der Waals surface area contributed by atoms with Gasteiger partial charge in [-0.2, -0.15) is 0 Å². The van der Waals surface area contributed by atoms with Crippen LogP contribution < -0.4 is 15.1 Å². The van der Waals surface area contributed by atoms with E-state index in [2.05, 4.69) is 18.3 Å². The molecule has 0 aliphatic carbocycles. The average Bonchev–Trinajstić information content (AvgIpc) is 3.00. The van der Waals surface area contributed by atoms with Gasteiger partial charge in [0.1, 0.15) is 0 Å². The van der Waals surface area contributed by atoms with Crippen LogP contribution in [0.25, 0.3) is 0 Å². The van der Waals surface area contributed by atoms with Gasteiger partial charge in [-0.15, -0.1) is 11.8 Å². The number of hydrogen-bond acceptors (Lipinski definition) is 3. The number of para-hydroxylation sites is 1. The highest BCUT2D eigenvalue weighted by Crippen LogP contribution is 2.38. The Balaban J connectivity index is 1.65. The first-order valence-corrected chi connectivity index (χ1v) is 10.2. The van der Waals surface area contributed by atoms with Crippen molar-refractivity contribution in [3.05, 3.63) is 53.6 Å². The third-order valence-electron chi connectivity index (χ3n) is 5.08. The summed E-state index contributed by atoms with van der Waals surface area (Å²) in [4.78, 5) is 30.0. The minimum atomic E-state index is -0.0790. The van der Waals surface area contributed by atoms with Crippen molar-refractivity contribution >= 4 is 35.1 Å². The van der Waals surface area contributed by atoms with Crippen molar-refractivity contribution in [1.82, 2.24) is 5.32 Å². The molecule has 1 fully saturated rings. The van der Waals surface area contributed by atoms with Crippen molar-refractivity contribution in [2.75, 3.05) is 29.4 Å². The summed E-state index contributed by atoms with van der Waals surface area (Å²) in [7, 11) is 0. The number of amides is 3. The quantitative estimate of drug-likeness (QED) is 0.854. The molecule has 27 heavy (non-hydrogen) atoms. The first-order valence-electron chi connectivity index (χ1n) is 9.28. The summed E-state index contributed by atoms with van der Waals surface area (Å²) >= 11 is 1.83. The highest BCUT2D eigenvalue weighted by Gasteiger charge is 2.27. The molecular weight excluding hydrogens is 358 g/mol. The van der Waals surface area contributed by atoms with Gasteiger partial charge in [-0.3, -0.25) is 9.69 Å². The molecule has 1 unspecified atom stereocenters. The van der Waals surface area contributed by atoms with Gasteiger partial charge in [0.2, 0.25) is 0 Å². The van der Waals surface area contributed by atoms with E-state index in [1.807, 2.05) is 60.0 Å². The van der Waals surface area contributed by atoms with E-state index in [1.165, 1.54) is 0 Å². The molecule has 1 N–H and O–H groups in total. The second-order valence-corrected chi connectivity index (χ2v) is 8.51. The second kappa shape index (κ2) is 7.27. The van der Waals surface area contributed by atoms with E-state index in [1.54, 1.807) is 4.90 Å². The zero-order valence-electron chi connectivity index (χ0n) is 15.6. The molecule has 2 aromatic rings. The molecule has 0 spiro atoms. The minimum absolute atomic E-state index is 0.0117. The van der Waals surface area contributed by atoms with Crippen molar-refractivity contribution in [2.24, 2.45) is 0 Å². The van der Waals surface area contributed by atoms with Crippen LogP contribution in [0.15, 0.2) is 47.4 Å². The lowest BCUT2D eigenvalue weighted by Crippen LogP contribution is -2.32. The van der Waals surface area contributed by atoms with Crippen molar-refractivity contribution in [3.63, 3.8) is 0 Å². The maximum Gasteiger partial charge on any atom is 0.322 e. The molecule has 6 heteroatoms. The van der Waals surface area contributed by atoms with Crippen LogP contribution in [0.5, 0.6) is 0 Å². The molecule has 0 aromatic heterocycles. The van der Waals surface area contributed by atoms with Crippen LogP contribution in [0.1, 0.15) is 29.3 Å². The summed E-state index contributed by atoms with van der Waals surface area (Å²) in [6.45, 7) is 6.17. The molecule has 0 bridgehead atoms. The zero-order chi connectivity index (χ0) is 19.0. The molecule has 1 atom stereocenters. The second-order valence-electron chi connectivity index (χ2n) is 7.03. The van der Waals surface area contributed by atoms with E-state index in [-0.39, 0.29) is 11.9 Å². The molecule has 0 radical (unpaired) electrons. The maximum absolute atomic E-state index is 13.3. The van der Waals surface area contributed by atoms with Crippen LogP contribution in [0.2, 0.25) is 0 Å². The van der Waals surface area contributed by atoms with Gasteiger partial charge in [0.25, 0.3) is 5.91 Å². The molecule has 2 aliphatic heterocycles. The Hall–Kier alpha value is -2.47. The standard InChI is InChI=1S/C21H23N3O2S/c1-14-13-16(7-8-17(14)24-12-10-22-21(24)26)20(25)23-11-9-15(2)27-19-6-4-3-5-18(19)23/h3-8,13,15H,9-12H2,1-2H3,(H,22,26). The molecule has 140 valence electrons. The predicted octanol–water partition coefficient (Wildman–Crippen LogP) is 4.06. The normalized spacial score (nSPS) is 19.5. The Morgan fingerprint density at radius 1 is 1.15 bits per heavy atom. The number of carbonyl (C=O) groups excluding carboxylic acids is 2. The Morgan fingerprint density at radius 2 is 1.96 bits per heavy atom. The molecular formula is C21H23N3O2S. The van der Waals surface area contributed by atoms with Crippen molar-refractivity contribution < 1.29 is 9.59 Å². The van der Waals surface area contributed by atoms with Crippen LogP contribution in [-0.2, 0) is 0 Å². The summed E-state index contributed by atoms with van der Waals surface area (Å²) < 4.78 is 0. The number of nitrogens with one attached hydrogen (secondary N) is 1. The number of fused-ring (bicyclic) bond motifs is 1. The number of benzene rings is 2. The van der Waals surface area contributed by atoms with Crippen molar-refractivity contribution in [3.8, 4) is 0 Å². The van der Waals surface area contributed by atoms with Gasteiger partial charge in [-0.05, 0) is 49.2 Å². The number of thioether (sulfide) groups is 1. The smallest absolute Gasteiger partial charge is 0.322 e. The van der Waals surface area contributed by atoms with Crippen LogP contribution >= 0.6 is 11.8 Å². The van der Waals surface area contributed by atoms with Gasteiger partial charge < -0.3 is 10.2 Å². The van der Waals surface area contributed by atoms with E-state index >= 15 is 0 Å². The monoisotopic (exact) mass is 381 g/mol. The van der Waals surface area contributed by atoms with E-state index < -0.39 is 0 Å². The SMILES string of the molecule is Cc1cc(C(=O)N2CCC(C)Sc3ccccc32)ccc1N1CCNC1=O. The van der Waals surface area contributed by atoms with E-state index in [4.69, 9.17) is 0 Å². The van der Waals surface area contributed by atoms with Crippen LogP contribution in [0.3, 0.4) is 0 Å². The third-order valence-corrected chi connectivity index (χ3v) is 6.32. The number of rotatable bonds is 2. The van der Waals surface area contributed by atoms with E-state index in [0.29, 0.717) is 30.4 Å². The van der Waals surface area contributed by atoms with Gasteiger partial charge >= 0.3 is 6.03 Å². The number of carbonyl (C=O) groups is 2.